The van der Waals surface area contributed by atoms with E-state index in [1.165, 1.54) is 103 Å². The molecule has 0 aliphatic carbocycles. The highest BCUT2D eigenvalue weighted by atomic mass is 28.4. The van der Waals surface area contributed by atoms with E-state index in [9.17, 15) is 15.3 Å². The Kier molecular flexibility index (Phi) is 25.4. The Morgan fingerprint density at radius 3 is 1.12 bits per heavy atom. The van der Waals surface area contributed by atoms with Crippen LogP contribution in [-0.2, 0) is 13.3 Å². The van der Waals surface area contributed by atoms with Gasteiger partial charge in [0.25, 0.3) is 8.80 Å². The topological polar surface area (TPSA) is 88.4 Å². The average Bonchev–Trinajstić information content (AvgIpc) is 2.88. The van der Waals surface area contributed by atoms with Gasteiger partial charge in [-0.3, -0.25) is 0 Å². The molecule has 0 fully saturated rings. The summed E-state index contributed by atoms with van der Waals surface area (Å²) in [6.45, 7) is 9.75. The van der Waals surface area contributed by atoms with Crippen molar-refractivity contribution < 1.29 is 33.1 Å². The molecule has 0 spiro atoms. The second-order valence-corrected chi connectivity index (χ2v) is 15.7. The van der Waals surface area contributed by atoms with Crippen LogP contribution in [0.4, 0.5) is 0 Å². The zero-order valence-electron chi connectivity index (χ0n) is 27.5. The van der Waals surface area contributed by atoms with E-state index in [0.29, 0.717) is 6.04 Å². The van der Waals surface area contributed by atoms with Crippen molar-refractivity contribution in [2.45, 2.75) is 161 Å². The van der Waals surface area contributed by atoms with Crippen molar-refractivity contribution in [3.8, 4) is 0 Å². The van der Waals surface area contributed by atoms with Crippen LogP contribution in [0.3, 0.4) is 0 Å². The van der Waals surface area contributed by atoms with Gasteiger partial charge in [-0.25, -0.2) is 0 Å². The number of rotatable bonds is 30. The molecule has 0 heterocycles. The van der Waals surface area contributed by atoms with Gasteiger partial charge in [-0.05, 0) is 40.0 Å². The van der Waals surface area contributed by atoms with Gasteiger partial charge in [-0.15, -0.1) is 0 Å². The Bertz CT molecular complexity index is 516. The van der Waals surface area contributed by atoms with E-state index in [2.05, 4.69) is 21.0 Å². The first-order valence-electron chi connectivity index (χ1n) is 16.8. The molecule has 0 aromatic heterocycles. The molecule has 3 atom stereocenters. The summed E-state index contributed by atoms with van der Waals surface area (Å²) >= 11 is 0. The lowest BCUT2D eigenvalue weighted by Crippen LogP contribution is -2.50. The van der Waals surface area contributed by atoms with E-state index >= 15 is 0 Å². The lowest BCUT2D eigenvalue weighted by Gasteiger charge is -2.45. The van der Waals surface area contributed by atoms with E-state index in [0.717, 1.165) is 24.0 Å². The van der Waals surface area contributed by atoms with Crippen molar-refractivity contribution in [2.24, 2.45) is 0 Å². The molecule has 0 aromatic rings. The summed E-state index contributed by atoms with van der Waals surface area (Å²) in [6.07, 6.45) is 21.1. The Morgan fingerprint density at radius 2 is 0.800 bits per heavy atom. The molecule has 0 bridgehead atoms. The number of aliphatic hydroxyl groups is 3. The predicted octanol–water partition coefficient (Wildman–Crippen LogP) is 6.85. The van der Waals surface area contributed by atoms with Crippen molar-refractivity contribution in [2.75, 3.05) is 47.0 Å². The standard InChI is InChI=1S/C32H70NO6Si/c1-7-8-9-10-11-12-13-14-15-16-17-18-19-20-21-22-24-33(5,6)25-23-26-40(37-27-30(2)34,38-28-31(3)35)39-29-32(4)36/h30-32,34-36H,7-29H2,1-6H3. The monoisotopic (exact) mass is 592 g/mol. The first-order chi connectivity index (χ1) is 19.0. The molecular formula is C32H70NO6Si. The van der Waals surface area contributed by atoms with Crippen LogP contribution in [0.5, 0.6) is 0 Å². The van der Waals surface area contributed by atoms with Gasteiger partial charge < -0.3 is 33.1 Å². The first kappa shape index (κ1) is 39.9. The predicted molar refractivity (Wildman–Crippen MR) is 169 cm³/mol. The Hall–Kier alpha value is -0.0631. The summed E-state index contributed by atoms with van der Waals surface area (Å²) in [4.78, 5) is 0. The lowest BCUT2D eigenvalue weighted by atomic mass is 10.0. The summed E-state index contributed by atoms with van der Waals surface area (Å²) in [6, 6.07) is 0.597. The van der Waals surface area contributed by atoms with Gasteiger partial charge in [0, 0.05) is 19.8 Å². The van der Waals surface area contributed by atoms with Crippen LogP contribution >= 0.6 is 0 Å². The minimum absolute atomic E-state index is 0.114. The molecule has 0 saturated carbocycles. The molecule has 7 nitrogen and oxygen atoms in total. The van der Waals surface area contributed by atoms with Crippen molar-refractivity contribution in [1.29, 1.82) is 0 Å². The van der Waals surface area contributed by atoms with Crippen LogP contribution in [0.25, 0.3) is 0 Å². The molecule has 0 saturated heterocycles. The van der Waals surface area contributed by atoms with Gasteiger partial charge in [0.2, 0.25) is 0 Å². The maximum atomic E-state index is 9.78. The van der Waals surface area contributed by atoms with Gasteiger partial charge in [0.15, 0.2) is 0 Å². The minimum Gasteiger partial charge on any atom is -0.523 e. The molecule has 3 unspecified atom stereocenters. The molecule has 8 heteroatoms. The normalized spacial score (nSPS) is 16.1. The van der Waals surface area contributed by atoms with E-state index in [4.69, 9.17) is 13.3 Å². The maximum Gasteiger partial charge on any atom is 0.281 e. The number of unbranched alkanes of at least 4 members (excludes halogenated alkanes) is 15. The van der Waals surface area contributed by atoms with Gasteiger partial charge in [0.05, 0.1) is 45.5 Å². The van der Waals surface area contributed by atoms with Crippen molar-refractivity contribution in [3.05, 3.63) is 0 Å². The number of nitrogens with zero attached hydrogens (tertiary/aromatic N) is 1. The highest BCUT2D eigenvalue weighted by molar-refractivity contribution is 6.60. The Labute approximate surface area is 249 Å². The first-order valence-corrected chi connectivity index (χ1v) is 18.7. The van der Waals surface area contributed by atoms with Crippen LogP contribution in [-0.4, -0.2) is 93.9 Å². The highest BCUT2D eigenvalue weighted by Gasteiger charge is 2.29. The van der Waals surface area contributed by atoms with Crippen LogP contribution in [0.1, 0.15) is 137 Å². The summed E-state index contributed by atoms with van der Waals surface area (Å²) in [5.41, 5.74) is 0. The summed E-state index contributed by atoms with van der Waals surface area (Å²) < 4.78 is 19.0. The summed E-state index contributed by atoms with van der Waals surface area (Å²) in [5.74, 6) is 0. The molecule has 3 N–H and O–H groups in total. The molecule has 243 valence electrons. The fourth-order valence-electron chi connectivity index (χ4n) is 5.01. The number of aliphatic hydroxyl groups excluding tert-OH is 3. The third kappa shape index (κ3) is 25.6. The molecule has 0 amide bonds. The van der Waals surface area contributed by atoms with Gasteiger partial charge in [0.1, 0.15) is 0 Å². The third-order valence-corrected chi connectivity index (χ3v) is 10.3. The molecule has 0 aliphatic rings. The molecule has 0 aromatic carbocycles. The Morgan fingerprint density at radius 1 is 0.500 bits per heavy atom. The molecule has 0 radical (unpaired) electrons. The van der Waals surface area contributed by atoms with E-state index in [1.54, 1.807) is 20.8 Å². The number of hydrogen-bond acceptors (Lipinski definition) is 6. The number of quaternary nitrogens is 1. The highest BCUT2D eigenvalue weighted by Crippen LogP contribution is 2.21. The zero-order chi connectivity index (χ0) is 30.1. The molecule has 0 rings (SSSR count). The zero-order valence-corrected chi connectivity index (χ0v) is 28.5. The van der Waals surface area contributed by atoms with Gasteiger partial charge >= 0.3 is 0 Å². The molecular weight excluding hydrogens is 522 g/mol. The van der Waals surface area contributed by atoms with Crippen molar-refractivity contribution in [3.63, 3.8) is 0 Å². The van der Waals surface area contributed by atoms with E-state index < -0.39 is 27.1 Å². The SMILES string of the molecule is CCCCCCCCCCCCCCCCCC[N+](C)(C)CCC[Si-](OCC(C)O)(OCC(C)O)OCC(C)O. The van der Waals surface area contributed by atoms with Crippen LogP contribution in [0.15, 0.2) is 0 Å². The second-order valence-electron chi connectivity index (χ2n) is 13.0. The molecule has 0 aliphatic heterocycles. The van der Waals surface area contributed by atoms with Crippen LogP contribution in [0, 0.1) is 0 Å². The Balaban J connectivity index is 4.14. The minimum atomic E-state index is -3.15. The van der Waals surface area contributed by atoms with E-state index in [1.807, 2.05) is 0 Å². The quantitative estimate of drug-likeness (QED) is 0.0481. The summed E-state index contributed by atoms with van der Waals surface area (Å²) in [7, 11) is 1.40. The smallest absolute Gasteiger partial charge is 0.281 e. The van der Waals surface area contributed by atoms with Crippen LogP contribution in [0.2, 0.25) is 6.04 Å². The van der Waals surface area contributed by atoms with E-state index in [-0.39, 0.29) is 19.8 Å². The van der Waals surface area contributed by atoms with Gasteiger partial charge in [-0.2, -0.15) is 0 Å². The third-order valence-electron chi connectivity index (χ3n) is 7.50. The molecule has 40 heavy (non-hydrogen) atoms. The average molecular weight is 593 g/mol. The van der Waals surface area contributed by atoms with Gasteiger partial charge in [-0.1, -0.05) is 103 Å². The second kappa shape index (κ2) is 25.4. The lowest BCUT2D eigenvalue weighted by molar-refractivity contribution is -0.890. The fraction of sp³-hybridized carbons (Fsp3) is 1.00. The maximum absolute atomic E-state index is 9.78. The van der Waals surface area contributed by atoms with Crippen molar-refractivity contribution in [1.82, 2.24) is 0 Å². The van der Waals surface area contributed by atoms with Crippen molar-refractivity contribution >= 4 is 8.80 Å². The van der Waals surface area contributed by atoms with Crippen LogP contribution < -0.4 is 0 Å². The summed E-state index contributed by atoms with van der Waals surface area (Å²) in [5, 5.41) is 29.3. The number of hydrogen-bond donors (Lipinski definition) is 3. The fourth-order valence-corrected chi connectivity index (χ4v) is 7.77. The largest absolute Gasteiger partial charge is 0.523 e.